The van der Waals surface area contributed by atoms with Crippen molar-refractivity contribution in [3.05, 3.63) is 11.6 Å². The molecular weight excluding hydrogens is 228 g/mol. The van der Waals surface area contributed by atoms with Crippen LogP contribution in [-0.2, 0) is 24.2 Å². The van der Waals surface area contributed by atoms with Gasteiger partial charge in [-0.1, -0.05) is 0 Å². The van der Waals surface area contributed by atoms with Crippen molar-refractivity contribution in [3.63, 3.8) is 0 Å². The molecule has 5 heteroatoms. The Kier molecular flexibility index (Phi) is 3.61. The van der Waals surface area contributed by atoms with Gasteiger partial charge in [-0.3, -0.25) is 0 Å². The molecule has 0 amide bonds. The lowest BCUT2D eigenvalue weighted by molar-refractivity contribution is 0.0844. The zero-order valence-electron chi connectivity index (χ0n) is 11.1. The highest BCUT2D eigenvalue weighted by Crippen LogP contribution is 2.22. The van der Waals surface area contributed by atoms with Gasteiger partial charge in [0.15, 0.2) is 0 Å². The fourth-order valence-electron chi connectivity index (χ4n) is 3.16. The third-order valence-electron chi connectivity index (χ3n) is 4.21. The summed E-state index contributed by atoms with van der Waals surface area (Å²) in [5, 5.41) is 12.2. The van der Waals surface area contributed by atoms with Gasteiger partial charge in [-0.25, -0.2) is 0 Å². The highest BCUT2D eigenvalue weighted by Gasteiger charge is 2.27. The number of aryl methyl sites for hydroxylation is 1. The number of hydrogen-bond donors (Lipinski definition) is 1. The number of aromatic nitrogens is 3. The third kappa shape index (κ3) is 2.29. The summed E-state index contributed by atoms with van der Waals surface area (Å²) >= 11 is 0. The largest absolute Gasteiger partial charge is 0.380 e. The lowest BCUT2D eigenvalue weighted by Crippen LogP contribution is -2.37. The van der Waals surface area contributed by atoms with E-state index in [-0.39, 0.29) is 0 Å². The van der Waals surface area contributed by atoms with E-state index in [9.17, 15) is 0 Å². The van der Waals surface area contributed by atoms with Crippen molar-refractivity contribution in [2.24, 2.45) is 0 Å². The molecule has 2 heterocycles. The Morgan fingerprint density at radius 1 is 1.28 bits per heavy atom. The first-order valence-corrected chi connectivity index (χ1v) is 7.05. The van der Waals surface area contributed by atoms with Gasteiger partial charge in [0, 0.05) is 26.1 Å². The van der Waals surface area contributed by atoms with Crippen molar-refractivity contribution in [2.75, 3.05) is 7.11 Å². The fraction of sp³-hybridized carbons (Fsp3) is 0.846. The average molecular weight is 250 g/mol. The number of fused-ring (bicyclic) bond motifs is 1. The van der Waals surface area contributed by atoms with E-state index in [4.69, 9.17) is 4.74 Å². The Hall–Kier alpha value is -0.940. The standard InChI is InChI=1S/C13H22N4O/c1-18-11-6-4-5-10(11)14-9-13-16-15-12-7-2-3-8-17(12)13/h10-11,14H,2-9H2,1H3. The SMILES string of the molecule is COC1CCCC1NCc1nnc2n1CCCC2. The van der Waals surface area contributed by atoms with E-state index in [1.165, 1.54) is 32.1 Å². The Morgan fingerprint density at radius 2 is 2.22 bits per heavy atom. The maximum Gasteiger partial charge on any atom is 0.147 e. The van der Waals surface area contributed by atoms with Crippen molar-refractivity contribution in [2.45, 2.75) is 63.8 Å². The minimum absolute atomic E-state index is 0.369. The number of rotatable bonds is 4. The molecule has 0 bridgehead atoms. The van der Waals surface area contributed by atoms with Crippen molar-refractivity contribution < 1.29 is 4.74 Å². The van der Waals surface area contributed by atoms with Gasteiger partial charge in [-0.05, 0) is 32.1 Å². The molecule has 0 saturated heterocycles. The van der Waals surface area contributed by atoms with Crippen LogP contribution in [-0.4, -0.2) is 34.0 Å². The van der Waals surface area contributed by atoms with Gasteiger partial charge in [0.05, 0.1) is 12.6 Å². The normalized spacial score (nSPS) is 27.4. The van der Waals surface area contributed by atoms with Crippen LogP contribution in [0, 0.1) is 0 Å². The number of methoxy groups -OCH3 is 1. The topological polar surface area (TPSA) is 52.0 Å². The van der Waals surface area contributed by atoms with Crippen LogP contribution in [0.2, 0.25) is 0 Å². The van der Waals surface area contributed by atoms with Crippen LogP contribution in [0.15, 0.2) is 0 Å². The molecule has 1 aliphatic heterocycles. The molecule has 1 fully saturated rings. The predicted molar refractivity (Wildman–Crippen MR) is 68.2 cm³/mol. The first-order chi connectivity index (χ1) is 8.88. The number of hydrogen-bond acceptors (Lipinski definition) is 4. The van der Waals surface area contributed by atoms with Gasteiger partial charge in [-0.15, -0.1) is 10.2 Å². The number of nitrogens with zero attached hydrogens (tertiary/aromatic N) is 3. The number of nitrogens with one attached hydrogen (secondary N) is 1. The van der Waals surface area contributed by atoms with Crippen molar-refractivity contribution in [1.82, 2.24) is 20.1 Å². The molecule has 1 N–H and O–H groups in total. The maximum absolute atomic E-state index is 5.50. The molecule has 2 unspecified atom stereocenters. The molecule has 5 nitrogen and oxygen atoms in total. The molecule has 0 radical (unpaired) electrons. The molecule has 3 rings (SSSR count). The average Bonchev–Trinajstić information content (AvgIpc) is 3.02. The van der Waals surface area contributed by atoms with Crippen LogP contribution in [0.1, 0.15) is 43.8 Å². The minimum Gasteiger partial charge on any atom is -0.380 e. The summed E-state index contributed by atoms with van der Waals surface area (Å²) in [4.78, 5) is 0. The molecule has 1 saturated carbocycles. The van der Waals surface area contributed by atoms with E-state index in [1.807, 2.05) is 7.11 Å². The van der Waals surface area contributed by atoms with Gasteiger partial charge >= 0.3 is 0 Å². The van der Waals surface area contributed by atoms with E-state index in [1.54, 1.807) is 0 Å². The third-order valence-corrected chi connectivity index (χ3v) is 4.21. The Balaban J connectivity index is 1.61. The van der Waals surface area contributed by atoms with Gasteiger partial charge in [0.2, 0.25) is 0 Å². The van der Waals surface area contributed by atoms with Crippen LogP contribution in [0.25, 0.3) is 0 Å². The lowest BCUT2D eigenvalue weighted by atomic mass is 10.1. The molecular formula is C13H22N4O. The van der Waals surface area contributed by atoms with Crippen molar-refractivity contribution in [1.29, 1.82) is 0 Å². The predicted octanol–water partition coefficient (Wildman–Crippen LogP) is 1.27. The van der Waals surface area contributed by atoms with Gasteiger partial charge < -0.3 is 14.6 Å². The Bertz CT molecular complexity index is 404. The first kappa shape index (κ1) is 12.1. The summed E-state index contributed by atoms with van der Waals surface area (Å²) < 4.78 is 7.79. The maximum atomic E-state index is 5.50. The summed E-state index contributed by atoms with van der Waals surface area (Å²) in [5.41, 5.74) is 0. The quantitative estimate of drug-likeness (QED) is 0.874. The summed E-state index contributed by atoms with van der Waals surface area (Å²) in [6.07, 6.45) is 7.59. The Morgan fingerprint density at radius 3 is 3.11 bits per heavy atom. The minimum atomic E-state index is 0.369. The van der Waals surface area contributed by atoms with Crippen molar-refractivity contribution >= 4 is 0 Å². The van der Waals surface area contributed by atoms with Crippen LogP contribution in [0.4, 0.5) is 0 Å². The van der Waals surface area contributed by atoms with E-state index in [2.05, 4.69) is 20.1 Å². The molecule has 0 aromatic carbocycles. The zero-order chi connectivity index (χ0) is 12.4. The summed E-state index contributed by atoms with van der Waals surface area (Å²) in [7, 11) is 1.81. The van der Waals surface area contributed by atoms with E-state index < -0.39 is 0 Å². The molecule has 1 aromatic heterocycles. The zero-order valence-corrected chi connectivity index (χ0v) is 11.1. The molecule has 0 spiro atoms. The molecule has 18 heavy (non-hydrogen) atoms. The molecule has 2 aliphatic rings. The van der Waals surface area contributed by atoms with Crippen molar-refractivity contribution in [3.8, 4) is 0 Å². The highest BCUT2D eigenvalue weighted by molar-refractivity contribution is 4.99. The first-order valence-electron chi connectivity index (χ1n) is 7.05. The highest BCUT2D eigenvalue weighted by atomic mass is 16.5. The van der Waals surface area contributed by atoms with Crippen LogP contribution < -0.4 is 5.32 Å². The second-order valence-corrected chi connectivity index (χ2v) is 5.33. The lowest BCUT2D eigenvalue weighted by Gasteiger charge is -2.20. The second kappa shape index (κ2) is 5.36. The summed E-state index contributed by atoms with van der Waals surface area (Å²) in [6, 6.07) is 0.478. The second-order valence-electron chi connectivity index (χ2n) is 5.33. The number of ether oxygens (including phenoxy) is 1. The monoisotopic (exact) mass is 250 g/mol. The summed E-state index contributed by atoms with van der Waals surface area (Å²) in [6.45, 7) is 1.90. The van der Waals surface area contributed by atoms with E-state index >= 15 is 0 Å². The molecule has 2 atom stereocenters. The van der Waals surface area contributed by atoms with Gasteiger partial charge in [0.1, 0.15) is 11.6 Å². The van der Waals surface area contributed by atoms with Gasteiger partial charge in [-0.2, -0.15) is 0 Å². The molecule has 1 aromatic rings. The van der Waals surface area contributed by atoms with Crippen LogP contribution in [0.5, 0.6) is 0 Å². The summed E-state index contributed by atoms with van der Waals surface area (Å²) in [5.74, 6) is 2.25. The van der Waals surface area contributed by atoms with Gasteiger partial charge in [0.25, 0.3) is 0 Å². The van der Waals surface area contributed by atoms with Crippen LogP contribution >= 0.6 is 0 Å². The fourth-order valence-corrected chi connectivity index (χ4v) is 3.16. The smallest absolute Gasteiger partial charge is 0.147 e. The molecule has 1 aliphatic carbocycles. The van der Waals surface area contributed by atoms with E-state index in [0.29, 0.717) is 12.1 Å². The van der Waals surface area contributed by atoms with E-state index in [0.717, 1.165) is 31.2 Å². The Labute approximate surface area is 108 Å². The molecule has 100 valence electrons. The van der Waals surface area contributed by atoms with Crippen LogP contribution in [0.3, 0.4) is 0 Å².